The van der Waals surface area contributed by atoms with Gasteiger partial charge in [-0.25, -0.2) is 4.57 Å². The second-order valence-electron chi connectivity index (χ2n) is 10.7. The number of aryl methyl sites for hydroxylation is 3. The van der Waals surface area contributed by atoms with Crippen molar-refractivity contribution >= 4 is 21.9 Å². The van der Waals surface area contributed by atoms with E-state index in [2.05, 4.69) is 101 Å². The van der Waals surface area contributed by atoms with Gasteiger partial charge in [-0.1, -0.05) is 52.0 Å². The highest BCUT2D eigenvalue weighted by atomic mass is 16.3. The Kier molecular flexibility index (Phi) is 4.36. The summed E-state index contributed by atoms with van der Waals surface area (Å²) in [5.41, 5.74) is 13.2. The molecular weight excluding hydrogens is 416 g/mol. The van der Waals surface area contributed by atoms with Crippen LogP contribution in [-0.2, 0) is 12.5 Å². The van der Waals surface area contributed by atoms with Gasteiger partial charge in [0.25, 0.3) is 0 Å². The maximum atomic E-state index is 6.85. The van der Waals surface area contributed by atoms with E-state index in [1.54, 1.807) is 0 Å². The van der Waals surface area contributed by atoms with Crippen LogP contribution in [0, 0.1) is 13.8 Å². The van der Waals surface area contributed by atoms with Crippen LogP contribution in [0.3, 0.4) is 0 Å². The van der Waals surface area contributed by atoms with Crippen LogP contribution < -0.4 is 4.57 Å². The molecule has 0 radical (unpaired) electrons. The molecule has 5 aromatic rings. The SMILES string of the molecule is Cc1cc(-c2c(C)ccc3c2oc2c4c(ccc23)C(C)(C)c2cnccc2-4)[n+](C)cc1C(C)C. The minimum absolute atomic E-state index is 0.0962. The summed E-state index contributed by atoms with van der Waals surface area (Å²) in [6.07, 6.45) is 6.18. The molecular formula is C31H31N2O+. The standard InChI is InChI=1S/C31H31N2O/c1-17(2)23-16-33(7)26(14-19(23)4)27-18(3)8-9-20-21-10-11-24-28(30(21)34-29(20)27)22-12-13-32-15-25(22)31(24,5)6/h8-17H,1-7H3/q+1. The first kappa shape index (κ1) is 21.1. The second-order valence-corrected chi connectivity index (χ2v) is 10.7. The van der Waals surface area contributed by atoms with Crippen LogP contribution in [0.2, 0.25) is 0 Å². The van der Waals surface area contributed by atoms with E-state index in [1.165, 1.54) is 61.0 Å². The monoisotopic (exact) mass is 447 g/mol. The van der Waals surface area contributed by atoms with Gasteiger partial charge in [-0.05, 0) is 53.6 Å². The fourth-order valence-corrected chi connectivity index (χ4v) is 5.99. The largest absolute Gasteiger partial charge is 0.454 e. The molecule has 3 aromatic heterocycles. The molecule has 0 aliphatic heterocycles. The lowest BCUT2D eigenvalue weighted by Gasteiger charge is -2.20. The Morgan fingerprint density at radius 2 is 1.59 bits per heavy atom. The van der Waals surface area contributed by atoms with Crippen molar-refractivity contribution in [1.82, 2.24) is 4.98 Å². The Morgan fingerprint density at radius 1 is 0.882 bits per heavy atom. The molecule has 0 amide bonds. The molecule has 3 heterocycles. The van der Waals surface area contributed by atoms with Gasteiger partial charge in [-0.15, -0.1) is 0 Å². The van der Waals surface area contributed by atoms with Crippen LogP contribution in [0.4, 0.5) is 0 Å². The first-order chi connectivity index (χ1) is 16.2. The third-order valence-electron chi connectivity index (χ3n) is 7.85. The van der Waals surface area contributed by atoms with Crippen LogP contribution in [0.15, 0.2) is 59.4 Å². The number of fused-ring (bicyclic) bond motifs is 7. The Morgan fingerprint density at radius 3 is 2.32 bits per heavy atom. The number of hydrogen-bond acceptors (Lipinski definition) is 2. The fourth-order valence-electron chi connectivity index (χ4n) is 5.99. The molecule has 1 aliphatic rings. The Bertz CT molecular complexity index is 1640. The maximum absolute atomic E-state index is 6.85. The van der Waals surface area contributed by atoms with E-state index < -0.39 is 0 Å². The van der Waals surface area contributed by atoms with Crippen LogP contribution >= 0.6 is 0 Å². The van der Waals surface area contributed by atoms with E-state index in [0.29, 0.717) is 5.92 Å². The van der Waals surface area contributed by atoms with Gasteiger partial charge in [-0.2, -0.15) is 0 Å². The minimum Gasteiger partial charge on any atom is -0.454 e. The van der Waals surface area contributed by atoms with E-state index in [0.717, 1.165) is 11.2 Å². The lowest BCUT2D eigenvalue weighted by molar-refractivity contribution is -0.660. The molecule has 1 aliphatic carbocycles. The van der Waals surface area contributed by atoms with Gasteiger partial charge >= 0.3 is 0 Å². The number of aromatic nitrogens is 2. The third kappa shape index (κ3) is 2.70. The summed E-state index contributed by atoms with van der Waals surface area (Å²) < 4.78 is 9.11. The molecule has 0 saturated carbocycles. The first-order valence-electron chi connectivity index (χ1n) is 12.1. The average molecular weight is 448 g/mol. The minimum atomic E-state index is -0.0962. The van der Waals surface area contributed by atoms with Gasteiger partial charge in [0, 0.05) is 45.8 Å². The highest BCUT2D eigenvalue weighted by Crippen LogP contribution is 2.52. The van der Waals surface area contributed by atoms with Crippen LogP contribution in [0.1, 0.15) is 61.4 Å². The van der Waals surface area contributed by atoms with E-state index in [9.17, 15) is 0 Å². The quantitative estimate of drug-likeness (QED) is 0.262. The maximum Gasteiger partial charge on any atom is 0.216 e. The Labute approximate surface area is 201 Å². The summed E-state index contributed by atoms with van der Waals surface area (Å²) in [5, 5.41) is 2.35. The predicted molar refractivity (Wildman–Crippen MR) is 139 cm³/mol. The van der Waals surface area contributed by atoms with Crippen molar-refractivity contribution in [2.45, 2.75) is 52.9 Å². The molecule has 0 atom stereocenters. The van der Waals surface area contributed by atoms with Gasteiger partial charge < -0.3 is 4.42 Å². The van der Waals surface area contributed by atoms with Crippen molar-refractivity contribution in [1.29, 1.82) is 0 Å². The van der Waals surface area contributed by atoms with E-state index >= 15 is 0 Å². The summed E-state index contributed by atoms with van der Waals surface area (Å²) in [7, 11) is 2.14. The molecule has 170 valence electrons. The van der Waals surface area contributed by atoms with Crippen molar-refractivity contribution < 1.29 is 8.98 Å². The number of pyridine rings is 2. The third-order valence-corrected chi connectivity index (χ3v) is 7.85. The summed E-state index contributed by atoms with van der Waals surface area (Å²) >= 11 is 0. The van der Waals surface area contributed by atoms with Crippen molar-refractivity contribution in [2.24, 2.45) is 7.05 Å². The van der Waals surface area contributed by atoms with Gasteiger partial charge in [0.05, 0.1) is 5.56 Å². The van der Waals surface area contributed by atoms with Gasteiger partial charge in [0.1, 0.15) is 18.2 Å². The first-order valence-corrected chi connectivity index (χ1v) is 12.1. The van der Waals surface area contributed by atoms with Gasteiger partial charge in [0.2, 0.25) is 5.69 Å². The zero-order valence-electron chi connectivity index (χ0n) is 21.1. The van der Waals surface area contributed by atoms with Crippen LogP contribution in [-0.4, -0.2) is 4.98 Å². The van der Waals surface area contributed by atoms with Gasteiger partial charge in [0.15, 0.2) is 6.20 Å². The normalized spacial score (nSPS) is 14.2. The van der Waals surface area contributed by atoms with E-state index in [1.807, 2.05) is 12.4 Å². The molecule has 2 aromatic carbocycles. The molecule has 0 saturated heterocycles. The number of hydrogen-bond donors (Lipinski definition) is 0. The lowest BCUT2D eigenvalue weighted by atomic mass is 9.83. The highest BCUT2D eigenvalue weighted by Gasteiger charge is 2.38. The lowest BCUT2D eigenvalue weighted by Crippen LogP contribution is -2.32. The molecule has 0 N–H and O–H groups in total. The van der Waals surface area contributed by atoms with Gasteiger partial charge in [-0.3, -0.25) is 4.98 Å². The molecule has 0 fully saturated rings. The molecule has 0 spiro atoms. The Balaban J connectivity index is 1.70. The number of benzene rings is 2. The molecule has 3 nitrogen and oxygen atoms in total. The van der Waals surface area contributed by atoms with Crippen molar-refractivity contribution in [3.05, 3.63) is 82.8 Å². The fraction of sp³-hybridized carbons (Fsp3) is 0.290. The van der Waals surface area contributed by atoms with Crippen LogP contribution in [0.25, 0.3) is 44.3 Å². The van der Waals surface area contributed by atoms with Crippen molar-refractivity contribution in [3.8, 4) is 22.4 Å². The zero-order valence-corrected chi connectivity index (χ0v) is 21.1. The highest BCUT2D eigenvalue weighted by molar-refractivity contribution is 6.14. The van der Waals surface area contributed by atoms with E-state index in [4.69, 9.17) is 4.42 Å². The summed E-state index contributed by atoms with van der Waals surface area (Å²) in [5.74, 6) is 0.490. The number of nitrogens with zero attached hydrogens (tertiary/aromatic N) is 2. The molecule has 34 heavy (non-hydrogen) atoms. The molecule has 0 unspecified atom stereocenters. The van der Waals surface area contributed by atoms with E-state index in [-0.39, 0.29) is 5.41 Å². The molecule has 6 rings (SSSR count). The van der Waals surface area contributed by atoms with Crippen molar-refractivity contribution in [2.75, 3.05) is 0 Å². The van der Waals surface area contributed by atoms with Crippen LogP contribution in [0.5, 0.6) is 0 Å². The Hall–Kier alpha value is -3.46. The zero-order chi connectivity index (χ0) is 23.9. The number of furan rings is 1. The summed E-state index contributed by atoms with van der Waals surface area (Å²) in [6.45, 7) is 13.5. The average Bonchev–Trinajstić information content (AvgIpc) is 3.28. The smallest absolute Gasteiger partial charge is 0.216 e. The second kappa shape index (κ2) is 7.02. The summed E-state index contributed by atoms with van der Waals surface area (Å²) in [6, 6.07) is 13.4. The number of rotatable bonds is 2. The summed E-state index contributed by atoms with van der Waals surface area (Å²) in [4.78, 5) is 4.43. The topological polar surface area (TPSA) is 29.9 Å². The molecule has 3 heteroatoms. The van der Waals surface area contributed by atoms with Crippen molar-refractivity contribution in [3.63, 3.8) is 0 Å². The molecule has 0 bridgehead atoms. The predicted octanol–water partition coefficient (Wildman–Crippen LogP) is 7.52.